The van der Waals surface area contributed by atoms with Gasteiger partial charge in [0.15, 0.2) is 0 Å². The molecule has 0 amide bonds. The Labute approximate surface area is 126 Å². The summed E-state index contributed by atoms with van der Waals surface area (Å²) in [7, 11) is 0. The average molecular weight is 314 g/mol. The standard InChI is InChI=1S/C15H17F3N2S/c1-9-8-21-14(19-9)11(3)20-10(2)12-5-4-6-13(7-12)15(16,17)18/h4-8,10-11,20H,1-3H3. The zero-order chi connectivity index (χ0) is 15.6. The largest absolute Gasteiger partial charge is 0.416 e. The third kappa shape index (κ3) is 4.04. The Morgan fingerprint density at radius 2 is 1.90 bits per heavy atom. The zero-order valence-corrected chi connectivity index (χ0v) is 12.8. The summed E-state index contributed by atoms with van der Waals surface area (Å²) < 4.78 is 38.2. The number of hydrogen-bond acceptors (Lipinski definition) is 3. The molecule has 0 saturated carbocycles. The van der Waals surface area contributed by atoms with Gasteiger partial charge in [0.05, 0.1) is 11.6 Å². The number of thiazole rings is 1. The summed E-state index contributed by atoms with van der Waals surface area (Å²) in [5.74, 6) is 0. The molecule has 1 aromatic carbocycles. The molecule has 0 aliphatic carbocycles. The SMILES string of the molecule is Cc1csc(C(C)NC(C)c2cccc(C(F)(F)F)c2)n1. The molecule has 2 rings (SSSR count). The molecule has 0 bridgehead atoms. The molecule has 6 heteroatoms. The molecule has 2 nitrogen and oxygen atoms in total. The second-order valence-corrected chi connectivity index (χ2v) is 5.95. The predicted molar refractivity (Wildman–Crippen MR) is 78.3 cm³/mol. The van der Waals surface area contributed by atoms with Crippen LogP contribution >= 0.6 is 11.3 Å². The molecular formula is C15H17F3N2S. The van der Waals surface area contributed by atoms with Crippen molar-refractivity contribution in [1.82, 2.24) is 10.3 Å². The van der Waals surface area contributed by atoms with Crippen LogP contribution in [0.5, 0.6) is 0 Å². The van der Waals surface area contributed by atoms with Gasteiger partial charge in [-0.2, -0.15) is 13.2 Å². The maximum atomic E-state index is 12.7. The van der Waals surface area contributed by atoms with Crippen LogP contribution in [0.1, 0.15) is 47.8 Å². The maximum absolute atomic E-state index is 12.7. The van der Waals surface area contributed by atoms with E-state index in [0.29, 0.717) is 5.56 Å². The summed E-state index contributed by atoms with van der Waals surface area (Å²) in [6.07, 6.45) is -4.31. The molecule has 2 aromatic rings. The lowest BCUT2D eigenvalue weighted by atomic mass is 10.0. The normalized spacial score (nSPS) is 15.0. The second-order valence-electron chi connectivity index (χ2n) is 5.06. The molecule has 21 heavy (non-hydrogen) atoms. The molecule has 0 fully saturated rings. The molecule has 0 saturated heterocycles. The first-order valence-corrected chi connectivity index (χ1v) is 7.50. The van der Waals surface area contributed by atoms with Crippen molar-refractivity contribution < 1.29 is 13.2 Å². The Kier molecular flexibility index (Phi) is 4.68. The van der Waals surface area contributed by atoms with Crippen LogP contribution in [0.4, 0.5) is 13.2 Å². The van der Waals surface area contributed by atoms with Gasteiger partial charge in [-0.15, -0.1) is 11.3 Å². The minimum Gasteiger partial charge on any atom is -0.302 e. The van der Waals surface area contributed by atoms with Gasteiger partial charge in [-0.25, -0.2) is 4.98 Å². The first kappa shape index (κ1) is 16.0. The van der Waals surface area contributed by atoms with Gasteiger partial charge in [0.25, 0.3) is 0 Å². The third-order valence-electron chi connectivity index (χ3n) is 3.22. The molecule has 2 unspecified atom stereocenters. The topological polar surface area (TPSA) is 24.9 Å². The van der Waals surface area contributed by atoms with Crippen LogP contribution in [0, 0.1) is 6.92 Å². The number of rotatable bonds is 4. The number of halogens is 3. The lowest BCUT2D eigenvalue weighted by Gasteiger charge is -2.20. The minimum absolute atomic E-state index is 0.00626. The summed E-state index contributed by atoms with van der Waals surface area (Å²) >= 11 is 1.55. The highest BCUT2D eigenvalue weighted by atomic mass is 32.1. The van der Waals surface area contributed by atoms with E-state index >= 15 is 0 Å². The quantitative estimate of drug-likeness (QED) is 0.870. The van der Waals surface area contributed by atoms with Crippen molar-refractivity contribution in [2.45, 2.75) is 39.0 Å². The van der Waals surface area contributed by atoms with E-state index in [1.165, 1.54) is 12.1 Å². The van der Waals surface area contributed by atoms with Crippen LogP contribution in [0.3, 0.4) is 0 Å². The van der Waals surface area contributed by atoms with E-state index < -0.39 is 11.7 Å². The lowest BCUT2D eigenvalue weighted by Crippen LogP contribution is -2.22. The van der Waals surface area contributed by atoms with E-state index in [2.05, 4.69) is 10.3 Å². The van der Waals surface area contributed by atoms with E-state index in [1.807, 2.05) is 26.2 Å². The van der Waals surface area contributed by atoms with Crippen molar-refractivity contribution in [2.75, 3.05) is 0 Å². The Bertz CT molecular complexity index is 607. The molecule has 114 valence electrons. The highest BCUT2D eigenvalue weighted by molar-refractivity contribution is 7.09. The van der Waals surface area contributed by atoms with Crippen molar-refractivity contribution in [1.29, 1.82) is 0 Å². The van der Waals surface area contributed by atoms with Crippen LogP contribution in [0.15, 0.2) is 29.6 Å². The summed E-state index contributed by atoms with van der Waals surface area (Å²) in [5.41, 5.74) is 0.951. The first-order valence-electron chi connectivity index (χ1n) is 6.62. The summed E-state index contributed by atoms with van der Waals surface area (Å²) in [6, 6.07) is 5.22. The average Bonchev–Trinajstić information content (AvgIpc) is 2.84. The molecule has 0 aliphatic rings. The van der Waals surface area contributed by atoms with Crippen LogP contribution in [-0.2, 0) is 6.18 Å². The molecule has 0 aliphatic heterocycles. The van der Waals surface area contributed by atoms with Crippen LogP contribution in [0.25, 0.3) is 0 Å². The Morgan fingerprint density at radius 3 is 2.48 bits per heavy atom. The number of nitrogens with zero attached hydrogens (tertiary/aromatic N) is 1. The molecular weight excluding hydrogens is 297 g/mol. The van der Waals surface area contributed by atoms with Gasteiger partial charge in [-0.3, -0.25) is 0 Å². The number of aryl methyl sites for hydroxylation is 1. The number of benzene rings is 1. The van der Waals surface area contributed by atoms with Crippen molar-refractivity contribution in [2.24, 2.45) is 0 Å². The summed E-state index contributed by atoms with van der Waals surface area (Å²) in [4.78, 5) is 4.39. The minimum atomic E-state index is -4.31. The van der Waals surface area contributed by atoms with Crippen molar-refractivity contribution >= 4 is 11.3 Å². The van der Waals surface area contributed by atoms with Gasteiger partial charge in [-0.05, 0) is 38.5 Å². The number of alkyl halides is 3. The molecule has 0 spiro atoms. The van der Waals surface area contributed by atoms with Gasteiger partial charge < -0.3 is 5.32 Å². The van der Waals surface area contributed by atoms with Crippen LogP contribution in [0.2, 0.25) is 0 Å². The zero-order valence-electron chi connectivity index (χ0n) is 12.0. The Morgan fingerprint density at radius 1 is 1.19 bits per heavy atom. The van der Waals surface area contributed by atoms with Crippen molar-refractivity contribution in [3.63, 3.8) is 0 Å². The number of hydrogen-bond donors (Lipinski definition) is 1. The van der Waals surface area contributed by atoms with Gasteiger partial charge in [0.2, 0.25) is 0 Å². The number of aromatic nitrogens is 1. The van der Waals surface area contributed by atoms with E-state index in [4.69, 9.17) is 0 Å². The molecule has 1 heterocycles. The van der Waals surface area contributed by atoms with E-state index in [-0.39, 0.29) is 12.1 Å². The van der Waals surface area contributed by atoms with Crippen molar-refractivity contribution in [3.8, 4) is 0 Å². The predicted octanol–water partition coefficient (Wildman–Crippen LogP) is 4.88. The Balaban J connectivity index is 2.11. The maximum Gasteiger partial charge on any atom is 0.416 e. The highest BCUT2D eigenvalue weighted by Gasteiger charge is 2.30. The lowest BCUT2D eigenvalue weighted by molar-refractivity contribution is -0.137. The fourth-order valence-corrected chi connectivity index (χ4v) is 2.91. The third-order valence-corrected chi connectivity index (χ3v) is 4.37. The molecule has 1 N–H and O–H groups in total. The second kappa shape index (κ2) is 6.15. The van der Waals surface area contributed by atoms with Crippen molar-refractivity contribution in [3.05, 3.63) is 51.5 Å². The number of nitrogens with one attached hydrogen (secondary N) is 1. The molecule has 0 radical (unpaired) electrons. The van der Waals surface area contributed by atoms with Gasteiger partial charge in [0.1, 0.15) is 5.01 Å². The van der Waals surface area contributed by atoms with Gasteiger partial charge in [0, 0.05) is 17.1 Å². The summed E-state index contributed by atoms with van der Waals surface area (Å²) in [5, 5.41) is 6.18. The van der Waals surface area contributed by atoms with Crippen LogP contribution < -0.4 is 5.32 Å². The smallest absolute Gasteiger partial charge is 0.302 e. The monoisotopic (exact) mass is 314 g/mol. The summed E-state index contributed by atoms with van der Waals surface area (Å²) in [6.45, 7) is 5.73. The molecule has 2 atom stereocenters. The van der Waals surface area contributed by atoms with Crippen LogP contribution in [-0.4, -0.2) is 4.98 Å². The fourth-order valence-electron chi connectivity index (χ4n) is 2.10. The Hall–Kier alpha value is -1.40. The van der Waals surface area contributed by atoms with Gasteiger partial charge in [-0.1, -0.05) is 12.1 Å². The van der Waals surface area contributed by atoms with E-state index in [0.717, 1.165) is 16.8 Å². The van der Waals surface area contributed by atoms with E-state index in [9.17, 15) is 13.2 Å². The molecule has 1 aromatic heterocycles. The first-order chi connectivity index (χ1) is 9.77. The van der Waals surface area contributed by atoms with E-state index in [1.54, 1.807) is 17.4 Å². The fraction of sp³-hybridized carbons (Fsp3) is 0.400. The highest BCUT2D eigenvalue weighted by Crippen LogP contribution is 2.31. The van der Waals surface area contributed by atoms with Gasteiger partial charge >= 0.3 is 6.18 Å².